The first-order valence-corrected chi connectivity index (χ1v) is 5.51. The number of hydrogen-bond acceptors (Lipinski definition) is 2. The fourth-order valence-electron chi connectivity index (χ4n) is 2.72. The van der Waals surface area contributed by atoms with Crippen molar-refractivity contribution in [2.45, 2.75) is 25.7 Å². The van der Waals surface area contributed by atoms with E-state index in [0.717, 1.165) is 12.0 Å². The summed E-state index contributed by atoms with van der Waals surface area (Å²) in [5, 5.41) is 0. The molecule has 0 bridgehead atoms. The molecule has 88 valence electrons. The number of para-hydroxylation sites is 1. The third-order valence-corrected chi connectivity index (χ3v) is 3.95. The molecule has 0 aliphatic heterocycles. The Bertz CT molecular complexity index is 416. The average molecular weight is 223 g/mol. The Morgan fingerprint density at radius 3 is 2.50 bits per heavy atom. The molecule has 1 fully saturated rings. The van der Waals surface area contributed by atoms with Crippen molar-refractivity contribution in [3.63, 3.8) is 0 Å². The van der Waals surface area contributed by atoms with Crippen molar-refractivity contribution < 1.29 is 9.13 Å². The molecule has 1 aromatic rings. The highest BCUT2D eigenvalue weighted by atomic mass is 19.1. The van der Waals surface area contributed by atoms with Crippen molar-refractivity contribution in [1.29, 1.82) is 0 Å². The number of halogens is 1. The monoisotopic (exact) mass is 223 g/mol. The van der Waals surface area contributed by atoms with E-state index in [-0.39, 0.29) is 16.6 Å². The normalized spacial score (nSPS) is 26.6. The SMILES string of the molecule is COc1c(F)cccc1C1(CN)CC1(C)C. The van der Waals surface area contributed by atoms with Crippen LogP contribution in [0.3, 0.4) is 0 Å². The Morgan fingerprint density at radius 1 is 1.44 bits per heavy atom. The smallest absolute Gasteiger partial charge is 0.165 e. The van der Waals surface area contributed by atoms with Crippen LogP contribution in [-0.4, -0.2) is 13.7 Å². The summed E-state index contributed by atoms with van der Waals surface area (Å²) in [5.41, 5.74) is 6.78. The highest BCUT2D eigenvalue weighted by molar-refractivity contribution is 5.47. The van der Waals surface area contributed by atoms with E-state index in [1.165, 1.54) is 13.2 Å². The quantitative estimate of drug-likeness (QED) is 0.854. The van der Waals surface area contributed by atoms with Gasteiger partial charge in [-0.2, -0.15) is 0 Å². The van der Waals surface area contributed by atoms with Crippen LogP contribution < -0.4 is 10.5 Å². The molecule has 3 heteroatoms. The Kier molecular flexibility index (Phi) is 2.46. The second kappa shape index (κ2) is 3.45. The van der Waals surface area contributed by atoms with Gasteiger partial charge in [0.15, 0.2) is 11.6 Å². The summed E-state index contributed by atoms with van der Waals surface area (Å²) in [6.07, 6.45) is 0.982. The van der Waals surface area contributed by atoms with Gasteiger partial charge in [-0.05, 0) is 17.9 Å². The molecule has 0 saturated heterocycles. The van der Waals surface area contributed by atoms with Gasteiger partial charge in [-0.15, -0.1) is 0 Å². The number of benzene rings is 1. The van der Waals surface area contributed by atoms with Gasteiger partial charge in [-0.1, -0.05) is 26.0 Å². The largest absolute Gasteiger partial charge is 0.493 e. The zero-order valence-corrected chi connectivity index (χ0v) is 10.0. The van der Waals surface area contributed by atoms with E-state index in [1.54, 1.807) is 6.07 Å². The third kappa shape index (κ3) is 1.34. The van der Waals surface area contributed by atoms with Gasteiger partial charge in [0, 0.05) is 17.5 Å². The molecule has 0 heterocycles. The minimum atomic E-state index is -0.310. The van der Waals surface area contributed by atoms with E-state index in [9.17, 15) is 4.39 Å². The summed E-state index contributed by atoms with van der Waals surface area (Å²) in [5.74, 6) is 0.0362. The molecule has 2 N–H and O–H groups in total. The first-order chi connectivity index (χ1) is 7.48. The molecular weight excluding hydrogens is 205 g/mol. The molecule has 1 aliphatic carbocycles. The first-order valence-electron chi connectivity index (χ1n) is 5.51. The average Bonchev–Trinajstić information content (AvgIpc) is 2.82. The van der Waals surface area contributed by atoms with Crippen molar-refractivity contribution >= 4 is 0 Å². The molecule has 2 rings (SSSR count). The lowest BCUT2D eigenvalue weighted by Crippen LogP contribution is -2.26. The number of nitrogens with two attached hydrogens (primary N) is 1. The summed E-state index contributed by atoms with van der Waals surface area (Å²) in [6, 6.07) is 5.06. The van der Waals surface area contributed by atoms with Gasteiger partial charge in [0.2, 0.25) is 0 Å². The van der Waals surface area contributed by atoms with Crippen molar-refractivity contribution in [3.8, 4) is 5.75 Å². The highest BCUT2D eigenvalue weighted by Crippen LogP contribution is 2.65. The van der Waals surface area contributed by atoms with Crippen LogP contribution in [0.25, 0.3) is 0 Å². The summed E-state index contributed by atoms with van der Waals surface area (Å²) in [6.45, 7) is 4.84. The van der Waals surface area contributed by atoms with Crippen LogP contribution in [0.15, 0.2) is 18.2 Å². The molecule has 1 aliphatic rings. The minimum absolute atomic E-state index is 0.125. The van der Waals surface area contributed by atoms with Gasteiger partial charge in [-0.25, -0.2) is 4.39 Å². The van der Waals surface area contributed by atoms with Gasteiger partial charge >= 0.3 is 0 Å². The molecular formula is C13H18FNO. The van der Waals surface area contributed by atoms with Gasteiger partial charge in [0.1, 0.15) is 0 Å². The van der Waals surface area contributed by atoms with Crippen molar-refractivity contribution in [1.82, 2.24) is 0 Å². The fourth-order valence-corrected chi connectivity index (χ4v) is 2.72. The van der Waals surface area contributed by atoms with E-state index in [1.807, 2.05) is 6.07 Å². The molecule has 1 unspecified atom stereocenters. The molecule has 0 amide bonds. The van der Waals surface area contributed by atoms with Crippen LogP contribution in [-0.2, 0) is 5.41 Å². The van der Waals surface area contributed by atoms with Crippen LogP contribution in [0.1, 0.15) is 25.8 Å². The molecule has 0 aromatic heterocycles. The second-order valence-corrected chi connectivity index (χ2v) is 5.17. The van der Waals surface area contributed by atoms with Crippen molar-refractivity contribution in [2.75, 3.05) is 13.7 Å². The number of methoxy groups -OCH3 is 1. The summed E-state index contributed by atoms with van der Waals surface area (Å²) in [4.78, 5) is 0. The molecule has 0 spiro atoms. The molecule has 1 saturated carbocycles. The molecule has 2 nitrogen and oxygen atoms in total. The Morgan fingerprint density at radius 2 is 2.06 bits per heavy atom. The summed E-state index contributed by atoms with van der Waals surface area (Å²) < 4.78 is 18.8. The zero-order chi connectivity index (χ0) is 12.0. The first kappa shape index (κ1) is 11.4. The Hall–Kier alpha value is -1.09. The van der Waals surface area contributed by atoms with E-state index in [0.29, 0.717) is 12.3 Å². The van der Waals surface area contributed by atoms with Gasteiger partial charge in [0.25, 0.3) is 0 Å². The van der Waals surface area contributed by atoms with E-state index >= 15 is 0 Å². The molecule has 1 aromatic carbocycles. The number of hydrogen-bond donors (Lipinski definition) is 1. The lowest BCUT2D eigenvalue weighted by atomic mass is 9.87. The van der Waals surface area contributed by atoms with Crippen LogP contribution in [0.4, 0.5) is 4.39 Å². The molecule has 16 heavy (non-hydrogen) atoms. The maximum atomic E-state index is 13.6. The number of ether oxygens (including phenoxy) is 1. The van der Waals surface area contributed by atoms with Gasteiger partial charge < -0.3 is 10.5 Å². The van der Waals surface area contributed by atoms with E-state index < -0.39 is 0 Å². The molecule has 0 radical (unpaired) electrons. The van der Waals surface area contributed by atoms with E-state index in [4.69, 9.17) is 10.5 Å². The second-order valence-electron chi connectivity index (χ2n) is 5.17. The maximum Gasteiger partial charge on any atom is 0.165 e. The Balaban J connectivity index is 2.53. The lowest BCUT2D eigenvalue weighted by Gasteiger charge is -2.21. The summed E-state index contributed by atoms with van der Waals surface area (Å²) in [7, 11) is 1.50. The topological polar surface area (TPSA) is 35.2 Å². The zero-order valence-electron chi connectivity index (χ0n) is 10.0. The molecule has 1 atom stereocenters. The fraction of sp³-hybridized carbons (Fsp3) is 0.538. The van der Waals surface area contributed by atoms with Gasteiger partial charge in [-0.3, -0.25) is 0 Å². The lowest BCUT2D eigenvalue weighted by molar-refractivity contribution is 0.369. The third-order valence-electron chi connectivity index (χ3n) is 3.95. The standard InChI is InChI=1S/C13H18FNO/c1-12(2)7-13(12,8-15)9-5-4-6-10(14)11(9)16-3/h4-6H,7-8,15H2,1-3H3. The predicted molar refractivity (Wildman–Crippen MR) is 62.1 cm³/mol. The van der Waals surface area contributed by atoms with Gasteiger partial charge in [0.05, 0.1) is 7.11 Å². The summed E-state index contributed by atoms with van der Waals surface area (Å²) >= 11 is 0. The highest BCUT2D eigenvalue weighted by Gasteiger charge is 2.62. The van der Waals surface area contributed by atoms with E-state index in [2.05, 4.69) is 13.8 Å². The Labute approximate surface area is 95.6 Å². The van der Waals surface area contributed by atoms with Crippen molar-refractivity contribution in [2.24, 2.45) is 11.1 Å². The predicted octanol–water partition coefficient (Wildman–Crippen LogP) is 2.46. The van der Waals surface area contributed by atoms with Crippen LogP contribution in [0.2, 0.25) is 0 Å². The minimum Gasteiger partial charge on any atom is -0.493 e. The van der Waals surface area contributed by atoms with Crippen LogP contribution >= 0.6 is 0 Å². The van der Waals surface area contributed by atoms with Crippen LogP contribution in [0, 0.1) is 11.2 Å². The van der Waals surface area contributed by atoms with Crippen molar-refractivity contribution in [3.05, 3.63) is 29.6 Å². The maximum absolute atomic E-state index is 13.6. The number of rotatable bonds is 3. The van der Waals surface area contributed by atoms with Crippen LogP contribution in [0.5, 0.6) is 5.75 Å².